The van der Waals surface area contributed by atoms with Gasteiger partial charge in [0, 0.05) is 12.6 Å². The monoisotopic (exact) mass is 464 g/mol. The standard InChI is InChI=1S/C23H30F6N2O/c1-15(2)21(7-6-19(13-21)31-8-4-3-5-9-31)20(32)30-14-16-10-17(22(24,25)26)12-18(11-16)23(27,28)29/h10-12,15,19H,3-9,13-14H2,1-2H3,(H,30,32). The van der Waals surface area contributed by atoms with Crippen LogP contribution in [0.5, 0.6) is 0 Å². The molecule has 3 rings (SSSR count). The van der Waals surface area contributed by atoms with Crippen molar-refractivity contribution < 1.29 is 31.1 Å². The number of hydrogen-bond donors (Lipinski definition) is 1. The Morgan fingerprint density at radius 1 is 1.03 bits per heavy atom. The number of alkyl halides is 6. The molecule has 0 aromatic heterocycles. The molecule has 2 atom stereocenters. The molecule has 1 aromatic carbocycles. The molecule has 1 saturated carbocycles. The number of hydrogen-bond acceptors (Lipinski definition) is 2. The Morgan fingerprint density at radius 3 is 2.09 bits per heavy atom. The summed E-state index contributed by atoms with van der Waals surface area (Å²) >= 11 is 0. The van der Waals surface area contributed by atoms with E-state index in [0.717, 1.165) is 32.4 Å². The summed E-state index contributed by atoms with van der Waals surface area (Å²) < 4.78 is 78.6. The first kappa shape index (κ1) is 24.9. The number of amides is 1. The quantitative estimate of drug-likeness (QED) is 0.541. The van der Waals surface area contributed by atoms with Crippen molar-refractivity contribution in [3.63, 3.8) is 0 Å². The lowest BCUT2D eigenvalue weighted by Gasteiger charge is -2.36. The molecule has 1 aliphatic heterocycles. The van der Waals surface area contributed by atoms with Crippen LogP contribution < -0.4 is 5.32 Å². The maximum atomic E-state index is 13.2. The number of carbonyl (C=O) groups is 1. The van der Waals surface area contributed by atoms with Crippen molar-refractivity contribution in [2.24, 2.45) is 11.3 Å². The highest BCUT2D eigenvalue weighted by Gasteiger charge is 2.48. The predicted molar refractivity (Wildman–Crippen MR) is 109 cm³/mol. The van der Waals surface area contributed by atoms with Crippen molar-refractivity contribution in [3.8, 4) is 0 Å². The second-order valence-electron chi connectivity index (χ2n) is 9.40. The number of carbonyl (C=O) groups excluding carboxylic acids is 1. The van der Waals surface area contributed by atoms with E-state index in [1.165, 1.54) is 6.42 Å². The molecule has 2 aliphatic rings. The molecule has 0 bridgehead atoms. The van der Waals surface area contributed by atoms with Gasteiger partial charge in [0.25, 0.3) is 0 Å². The molecule has 1 heterocycles. The van der Waals surface area contributed by atoms with Crippen molar-refractivity contribution in [1.29, 1.82) is 0 Å². The Morgan fingerprint density at radius 2 is 1.59 bits per heavy atom. The van der Waals surface area contributed by atoms with E-state index in [-0.39, 0.29) is 36.0 Å². The lowest BCUT2D eigenvalue weighted by Crippen LogP contribution is -2.45. The molecule has 9 heteroatoms. The summed E-state index contributed by atoms with van der Waals surface area (Å²) in [6.45, 7) is 5.53. The smallest absolute Gasteiger partial charge is 0.352 e. The molecule has 2 unspecified atom stereocenters. The fraction of sp³-hybridized carbons (Fsp3) is 0.696. The molecule has 1 amide bonds. The maximum Gasteiger partial charge on any atom is 0.416 e. The van der Waals surface area contributed by atoms with Crippen molar-refractivity contribution in [3.05, 3.63) is 34.9 Å². The zero-order chi connectivity index (χ0) is 23.7. The lowest BCUT2D eigenvalue weighted by molar-refractivity contribution is -0.143. The molecule has 0 spiro atoms. The van der Waals surface area contributed by atoms with Crippen LogP contribution in [0.4, 0.5) is 26.3 Å². The molecule has 3 nitrogen and oxygen atoms in total. The summed E-state index contributed by atoms with van der Waals surface area (Å²) in [5, 5.41) is 2.65. The Kier molecular flexibility index (Phi) is 7.17. The first-order valence-electron chi connectivity index (χ1n) is 11.1. The molecule has 0 radical (unpaired) electrons. The Hall–Kier alpha value is -1.77. The largest absolute Gasteiger partial charge is 0.416 e. The van der Waals surface area contributed by atoms with Crippen LogP contribution in [0.3, 0.4) is 0 Å². The molecular weight excluding hydrogens is 434 g/mol. The van der Waals surface area contributed by atoms with Gasteiger partial charge < -0.3 is 10.2 Å². The predicted octanol–water partition coefficient (Wildman–Crippen LogP) is 6.02. The molecule has 1 aromatic rings. The second kappa shape index (κ2) is 9.23. The fourth-order valence-corrected chi connectivity index (χ4v) is 5.12. The van der Waals surface area contributed by atoms with Gasteiger partial charge in [0.2, 0.25) is 5.91 Å². The molecule has 180 valence electrons. The van der Waals surface area contributed by atoms with E-state index in [0.29, 0.717) is 25.0 Å². The second-order valence-corrected chi connectivity index (χ2v) is 9.40. The van der Waals surface area contributed by atoms with Crippen molar-refractivity contribution in [2.45, 2.75) is 77.3 Å². The van der Waals surface area contributed by atoms with Crippen LogP contribution in [0.2, 0.25) is 0 Å². The Labute approximate surface area is 184 Å². The van der Waals surface area contributed by atoms with E-state index in [2.05, 4.69) is 10.2 Å². The Bertz CT molecular complexity index is 781. The zero-order valence-corrected chi connectivity index (χ0v) is 18.4. The summed E-state index contributed by atoms with van der Waals surface area (Å²) in [5.74, 6) is -0.289. The van der Waals surface area contributed by atoms with Gasteiger partial charge in [-0.25, -0.2) is 0 Å². The third-order valence-corrected chi connectivity index (χ3v) is 7.09. The van der Waals surface area contributed by atoms with Crippen LogP contribution in [0.15, 0.2) is 18.2 Å². The average molecular weight is 464 g/mol. The van der Waals surface area contributed by atoms with Crippen molar-refractivity contribution >= 4 is 5.91 Å². The Balaban J connectivity index is 1.76. The molecule has 32 heavy (non-hydrogen) atoms. The van der Waals surface area contributed by atoms with Crippen LogP contribution >= 0.6 is 0 Å². The van der Waals surface area contributed by atoms with Crippen LogP contribution in [0.1, 0.15) is 69.1 Å². The normalized spacial score (nSPS) is 25.3. The highest BCUT2D eigenvalue weighted by atomic mass is 19.4. The van der Waals surface area contributed by atoms with E-state index < -0.39 is 28.9 Å². The number of halogens is 6. The summed E-state index contributed by atoms with van der Waals surface area (Å²) in [6.07, 6.45) is -4.16. The number of likely N-dealkylation sites (tertiary alicyclic amines) is 1. The summed E-state index contributed by atoms with van der Waals surface area (Å²) in [6, 6.07) is 1.72. The van der Waals surface area contributed by atoms with Gasteiger partial charge in [-0.1, -0.05) is 20.3 Å². The zero-order valence-electron chi connectivity index (χ0n) is 18.4. The summed E-state index contributed by atoms with van der Waals surface area (Å²) in [4.78, 5) is 15.6. The van der Waals surface area contributed by atoms with Gasteiger partial charge in [-0.3, -0.25) is 4.79 Å². The number of rotatable bonds is 5. The van der Waals surface area contributed by atoms with Gasteiger partial charge in [0.05, 0.1) is 16.5 Å². The molecular formula is C23H30F6N2O. The minimum Gasteiger partial charge on any atom is -0.352 e. The highest BCUT2D eigenvalue weighted by molar-refractivity contribution is 5.83. The van der Waals surface area contributed by atoms with E-state index in [9.17, 15) is 31.1 Å². The first-order valence-corrected chi connectivity index (χ1v) is 11.1. The average Bonchev–Trinajstić information content (AvgIpc) is 3.18. The maximum absolute atomic E-state index is 13.2. The molecule has 1 N–H and O–H groups in total. The van der Waals surface area contributed by atoms with Crippen LogP contribution in [-0.2, 0) is 23.7 Å². The van der Waals surface area contributed by atoms with Gasteiger partial charge in [0.1, 0.15) is 0 Å². The number of nitrogens with zero attached hydrogens (tertiary/aromatic N) is 1. The first-order chi connectivity index (χ1) is 14.8. The minimum absolute atomic E-state index is 0.00420. The topological polar surface area (TPSA) is 32.3 Å². The van der Waals surface area contributed by atoms with E-state index in [1.54, 1.807) is 0 Å². The van der Waals surface area contributed by atoms with Gasteiger partial charge in [0.15, 0.2) is 0 Å². The third-order valence-electron chi connectivity index (χ3n) is 7.09. The van der Waals surface area contributed by atoms with Crippen LogP contribution in [-0.4, -0.2) is 29.9 Å². The fourth-order valence-electron chi connectivity index (χ4n) is 5.12. The number of nitrogens with one attached hydrogen (secondary N) is 1. The summed E-state index contributed by atoms with van der Waals surface area (Å²) in [7, 11) is 0. The lowest BCUT2D eigenvalue weighted by atomic mass is 9.74. The van der Waals surface area contributed by atoms with Gasteiger partial charge >= 0.3 is 12.4 Å². The molecule has 1 saturated heterocycles. The van der Waals surface area contributed by atoms with Crippen molar-refractivity contribution in [1.82, 2.24) is 10.2 Å². The number of piperidine rings is 1. The van der Waals surface area contributed by atoms with Gasteiger partial charge in [-0.05, 0) is 74.9 Å². The minimum atomic E-state index is -4.91. The van der Waals surface area contributed by atoms with E-state index in [4.69, 9.17) is 0 Å². The van der Waals surface area contributed by atoms with Gasteiger partial charge in [-0.2, -0.15) is 26.3 Å². The molecule has 2 fully saturated rings. The molecule has 1 aliphatic carbocycles. The third kappa shape index (κ3) is 5.41. The van der Waals surface area contributed by atoms with Gasteiger partial charge in [-0.15, -0.1) is 0 Å². The highest BCUT2D eigenvalue weighted by Crippen LogP contribution is 2.46. The SMILES string of the molecule is CC(C)C1(C(=O)NCc2cc(C(F)(F)F)cc(C(F)(F)F)c2)CCC(N2CCCCC2)C1. The van der Waals surface area contributed by atoms with Crippen LogP contribution in [0.25, 0.3) is 0 Å². The van der Waals surface area contributed by atoms with E-state index >= 15 is 0 Å². The van der Waals surface area contributed by atoms with Crippen molar-refractivity contribution in [2.75, 3.05) is 13.1 Å². The number of benzene rings is 1. The van der Waals surface area contributed by atoms with E-state index in [1.807, 2.05) is 13.8 Å². The summed E-state index contributed by atoms with van der Waals surface area (Å²) in [5.41, 5.74) is -3.64. The van der Waals surface area contributed by atoms with Crippen LogP contribution in [0, 0.1) is 11.3 Å².